The fourth-order valence-electron chi connectivity index (χ4n) is 12.3. The average molecular weight is 1530 g/mol. The van der Waals surface area contributed by atoms with E-state index in [2.05, 4.69) is 76.3 Å². The zero-order chi connectivity index (χ0) is 75.9. The first-order chi connectivity index (χ1) is 49.8. The van der Waals surface area contributed by atoms with Crippen LogP contribution >= 0.6 is 7.60 Å². The molecular weight excluding hydrogens is 1360 g/mol. The van der Waals surface area contributed by atoms with Crippen LogP contribution in [0.25, 0.3) is 0 Å². The molecule has 0 aromatic carbocycles. The van der Waals surface area contributed by atoms with Gasteiger partial charge in [0.15, 0.2) is 26.4 Å². The molecule has 0 aromatic rings. The second-order valence-corrected chi connectivity index (χ2v) is 37.6. The molecule has 0 amide bonds. The van der Waals surface area contributed by atoms with Crippen LogP contribution < -0.4 is 12.3 Å². The number of unbranched alkanes of at least 4 members (excludes halogenated alkanes) is 44. The Balaban J connectivity index is -0.0000520. The van der Waals surface area contributed by atoms with Gasteiger partial charge in [-0.2, -0.15) is 0 Å². The van der Waals surface area contributed by atoms with Crippen molar-refractivity contribution in [3.05, 3.63) is 48.6 Å². The van der Waals surface area contributed by atoms with Crippen molar-refractivity contribution in [2.75, 3.05) is 33.0 Å². The van der Waals surface area contributed by atoms with Crippen LogP contribution in [0.2, 0.25) is 18.1 Å². The molecular formula is C87H169N2O14PSi. The topological polar surface area (TPSA) is 260 Å². The highest BCUT2D eigenvalue weighted by atomic mass is 31.2. The summed E-state index contributed by atoms with van der Waals surface area (Å²) in [6.07, 6.45) is 74.5. The maximum absolute atomic E-state index is 13.8. The maximum atomic E-state index is 13.8. The van der Waals surface area contributed by atoms with Crippen LogP contribution in [-0.4, -0.2) is 99.2 Å². The summed E-state index contributed by atoms with van der Waals surface area (Å²) in [5, 5.41) is -0.411. The van der Waals surface area contributed by atoms with Crippen molar-refractivity contribution < 1.29 is 66.4 Å². The molecule has 0 aliphatic carbocycles. The molecule has 16 nitrogen and oxygen atoms in total. The smallest absolute Gasteiger partial charge is 0.356 e. The molecule has 2 unspecified atom stereocenters. The van der Waals surface area contributed by atoms with E-state index in [-0.39, 0.29) is 57.8 Å². The highest BCUT2D eigenvalue weighted by molar-refractivity contribution is 7.52. The number of hydrogen-bond donors (Lipinski definition) is 4. The van der Waals surface area contributed by atoms with E-state index in [1.807, 2.05) is 33.9 Å². The van der Waals surface area contributed by atoms with Crippen LogP contribution in [0.15, 0.2) is 48.6 Å². The third kappa shape index (κ3) is 71.1. The van der Waals surface area contributed by atoms with Gasteiger partial charge < -0.3 is 54.9 Å². The normalized spacial score (nSPS) is 13.4. The second kappa shape index (κ2) is 76.4. The van der Waals surface area contributed by atoms with Crippen molar-refractivity contribution in [1.82, 2.24) is 12.3 Å². The molecule has 0 saturated carbocycles. The number of ether oxygens (including phenoxy) is 6. The van der Waals surface area contributed by atoms with Gasteiger partial charge in [-0.3, -0.25) is 23.7 Å². The number of rotatable bonds is 77. The summed E-state index contributed by atoms with van der Waals surface area (Å²) in [5.74, 6) is -3.72. The molecule has 0 fully saturated rings. The molecule has 18 heteroatoms. The Morgan fingerprint density at radius 3 is 0.838 bits per heavy atom. The van der Waals surface area contributed by atoms with Crippen LogP contribution in [0.3, 0.4) is 0 Å². The van der Waals surface area contributed by atoms with Gasteiger partial charge in [0.2, 0.25) is 0 Å². The van der Waals surface area contributed by atoms with E-state index in [0.29, 0.717) is 25.7 Å². The zero-order valence-electron chi connectivity index (χ0n) is 69.7. The van der Waals surface area contributed by atoms with Gasteiger partial charge in [0.05, 0.1) is 19.8 Å². The molecule has 0 aliphatic heterocycles. The summed E-state index contributed by atoms with van der Waals surface area (Å²) in [6.45, 7) is 17.2. The number of carbonyl (C=O) groups excluding carboxylic acids is 4. The van der Waals surface area contributed by atoms with Crippen molar-refractivity contribution in [2.24, 2.45) is 0 Å². The van der Waals surface area contributed by atoms with Crippen molar-refractivity contribution in [3.63, 3.8) is 0 Å². The fourth-order valence-corrected chi connectivity index (χ4v) is 14.5. The van der Waals surface area contributed by atoms with Gasteiger partial charge in [0, 0.05) is 25.7 Å². The van der Waals surface area contributed by atoms with Crippen molar-refractivity contribution >= 4 is 39.8 Å². The lowest BCUT2D eigenvalue weighted by Gasteiger charge is -2.41. The monoisotopic (exact) mass is 1530 g/mol. The van der Waals surface area contributed by atoms with E-state index in [1.54, 1.807) is 0 Å². The van der Waals surface area contributed by atoms with Crippen LogP contribution in [0, 0.1) is 0 Å². The molecule has 620 valence electrons. The maximum Gasteiger partial charge on any atom is 0.356 e. The lowest BCUT2D eigenvalue weighted by Crippen LogP contribution is -2.50. The lowest BCUT2D eigenvalue weighted by molar-refractivity contribution is -0.166. The van der Waals surface area contributed by atoms with E-state index in [9.17, 15) is 33.5 Å². The predicted molar refractivity (Wildman–Crippen MR) is 444 cm³/mol. The Hall–Kier alpha value is -2.99. The quantitative estimate of drug-likeness (QED) is 0.0110. The molecule has 0 bridgehead atoms. The highest BCUT2D eigenvalue weighted by Gasteiger charge is 2.46. The largest absolute Gasteiger partial charge is 0.462 e. The van der Waals surface area contributed by atoms with E-state index in [1.165, 1.54) is 154 Å². The van der Waals surface area contributed by atoms with Crippen molar-refractivity contribution in [2.45, 2.75) is 450 Å². The van der Waals surface area contributed by atoms with E-state index in [4.69, 9.17) is 32.8 Å². The number of hydrogen-bond acceptors (Lipinski definition) is 14. The van der Waals surface area contributed by atoms with Crippen LogP contribution in [0.5, 0.6) is 0 Å². The molecule has 0 aromatic heterocycles. The first-order valence-electron chi connectivity index (χ1n) is 43.0. The van der Waals surface area contributed by atoms with Gasteiger partial charge in [-0.15, -0.1) is 0 Å². The minimum absolute atomic E-state index is 0. The lowest BCUT2D eigenvalue weighted by atomic mass is 10.1. The summed E-state index contributed by atoms with van der Waals surface area (Å²) in [7, 11) is -8.03. The van der Waals surface area contributed by atoms with Gasteiger partial charge in [-0.25, -0.2) is 0 Å². The van der Waals surface area contributed by atoms with Gasteiger partial charge in [0.25, 0.3) is 0 Å². The van der Waals surface area contributed by atoms with Crippen molar-refractivity contribution in [1.29, 1.82) is 0 Å². The van der Waals surface area contributed by atoms with Crippen molar-refractivity contribution in [3.8, 4) is 0 Å². The predicted octanol–water partition coefficient (Wildman–Crippen LogP) is 26.3. The summed E-state index contributed by atoms with van der Waals surface area (Å²) in [4.78, 5) is 75.9. The van der Waals surface area contributed by atoms with E-state index in [0.717, 1.165) is 154 Å². The first-order valence-corrected chi connectivity index (χ1v) is 47.6. The SMILES string of the molecule is CCCCCCCC/C=C\CCCCCCCC(=O)OC[C@H](COC(C(COC[C@@H](COC(=O)CCCCCCC/C=C\CCCCCCCC)OC(=O)CCCCCCC/C=C\CCCCCCCC)O[Si](C)(C)C(C)(C)C)P(=O)(O)O)OC(=O)CCCCCCC/C=C\CCCCCCCC.N.N. The summed E-state index contributed by atoms with van der Waals surface area (Å²) in [5.41, 5.74) is 0. The third-order valence-corrected chi connectivity index (χ3v) is 25.6. The van der Waals surface area contributed by atoms with Crippen LogP contribution in [-0.2, 0) is 56.6 Å². The van der Waals surface area contributed by atoms with Gasteiger partial charge in [-0.05, 0) is 147 Å². The number of esters is 4. The second-order valence-electron chi connectivity index (χ2n) is 31.2. The minimum atomic E-state index is -5.19. The molecule has 105 heavy (non-hydrogen) atoms. The molecule has 0 rings (SSSR count). The van der Waals surface area contributed by atoms with E-state index >= 15 is 0 Å². The van der Waals surface area contributed by atoms with E-state index < -0.39 is 82.2 Å². The van der Waals surface area contributed by atoms with Crippen LogP contribution in [0.4, 0.5) is 0 Å². The molecule has 0 saturated heterocycles. The molecule has 0 heterocycles. The molecule has 8 N–H and O–H groups in total. The Labute approximate surface area is 647 Å². The number of carbonyl (C=O) groups is 4. The Bertz CT molecular complexity index is 2130. The number of allylic oxidation sites excluding steroid dienone is 8. The third-order valence-electron chi connectivity index (χ3n) is 20.0. The molecule has 0 radical (unpaired) electrons. The zero-order valence-corrected chi connectivity index (χ0v) is 71.6. The van der Waals surface area contributed by atoms with Crippen LogP contribution in [0.1, 0.15) is 408 Å². The fraction of sp³-hybridized carbons (Fsp3) is 0.862. The van der Waals surface area contributed by atoms with Gasteiger partial charge in [0.1, 0.15) is 19.3 Å². The summed E-state index contributed by atoms with van der Waals surface area (Å²) in [6, 6.07) is 0. The van der Waals surface area contributed by atoms with Gasteiger partial charge in [-0.1, -0.05) is 303 Å². The highest BCUT2D eigenvalue weighted by Crippen LogP contribution is 2.47. The Kier molecular flexibility index (Phi) is 77.2. The molecule has 0 aliphatic rings. The Morgan fingerprint density at radius 1 is 0.343 bits per heavy atom. The Morgan fingerprint density at radius 2 is 0.581 bits per heavy atom. The van der Waals surface area contributed by atoms with Gasteiger partial charge >= 0.3 is 31.5 Å². The minimum Gasteiger partial charge on any atom is -0.462 e. The standard InChI is InChI=1S/C87H163O14PSi.2H3N/c1-10-14-18-22-26-30-34-38-42-46-50-54-58-62-66-70-82(88)96-75-79(99-84(90)72-68-64-60-56-52-48-44-40-36-32-28-24-20-16-12-3)74-95-78-81(101-103(8,9)87(5,6)7)86(102(92,93)94)98-77-80(100-85(91)73-69-65-61-57-53-49-45-41-37-33-29-25-21-17-13-4)76-97-83(89)71-67-63-59-55-51-47-43-39-35-31-27-23-19-15-11-2;;/h38-45,79-81,86H,10-37,46-78H2,1-9H3,(H2,92,93,94);2*1H3/b42-38-,43-39-,44-40-,45-41-;;/t79-,80+,81?,86?;;/m0../s1. The summed E-state index contributed by atoms with van der Waals surface area (Å²) < 4.78 is 56.4. The first kappa shape index (κ1) is 106. The average Bonchev–Trinajstić information content (AvgIpc) is 0.807. The summed E-state index contributed by atoms with van der Waals surface area (Å²) >= 11 is 0. The molecule has 4 atom stereocenters. The molecule has 0 spiro atoms.